The van der Waals surface area contributed by atoms with Gasteiger partial charge < -0.3 is 9.47 Å². The molecule has 0 rings (SSSR count). The van der Waals surface area contributed by atoms with Crippen molar-refractivity contribution < 1.29 is 14.3 Å². The summed E-state index contributed by atoms with van der Waals surface area (Å²) in [5.74, 6) is 0.313. The smallest absolute Gasteiger partial charge is 0.434 e. The third-order valence-corrected chi connectivity index (χ3v) is 0.882. The molecule has 0 spiro atoms. The Balaban J connectivity index is 3.38. The predicted molar refractivity (Wildman–Crippen MR) is 42.6 cm³/mol. The fourth-order valence-corrected chi connectivity index (χ4v) is 0.474. The van der Waals surface area contributed by atoms with Gasteiger partial charge in [-0.3, -0.25) is 0 Å². The van der Waals surface area contributed by atoms with Crippen molar-refractivity contribution in [1.29, 1.82) is 0 Å². The number of carbonyl (C=O) groups is 1. The van der Waals surface area contributed by atoms with Gasteiger partial charge >= 0.3 is 6.16 Å². The average molecular weight is 181 g/mol. The van der Waals surface area contributed by atoms with Crippen LogP contribution in [0.4, 0.5) is 4.79 Å². The number of alkyl halides is 1. The molecule has 0 aliphatic rings. The van der Waals surface area contributed by atoms with E-state index in [0.29, 0.717) is 12.5 Å². The van der Waals surface area contributed by atoms with Gasteiger partial charge in [-0.1, -0.05) is 25.4 Å². The molecule has 0 N–H and O–H groups in total. The van der Waals surface area contributed by atoms with Crippen molar-refractivity contribution in [3.8, 4) is 0 Å². The summed E-state index contributed by atoms with van der Waals surface area (Å²) in [5.41, 5.74) is -0.630. The first-order valence-electron chi connectivity index (χ1n) is 3.50. The summed E-state index contributed by atoms with van der Waals surface area (Å²) in [4.78, 5) is 10.6. The molecule has 0 bridgehead atoms. The molecule has 11 heavy (non-hydrogen) atoms. The maximum atomic E-state index is 10.6. The van der Waals surface area contributed by atoms with Crippen molar-refractivity contribution >= 4 is 17.8 Å². The zero-order chi connectivity index (χ0) is 8.85. The SMILES string of the molecule is CC(C)COC(=O)OC(C)Cl. The minimum absolute atomic E-state index is 0.313. The van der Waals surface area contributed by atoms with Gasteiger partial charge in [-0.05, 0) is 12.8 Å². The second kappa shape index (κ2) is 5.24. The van der Waals surface area contributed by atoms with Crippen LogP contribution in [-0.2, 0) is 9.47 Å². The molecule has 0 aliphatic heterocycles. The third-order valence-electron chi connectivity index (χ3n) is 0.793. The molecule has 0 saturated carbocycles. The van der Waals surface area contributed by atoms with E-state index in [4.69, 9.17) is 11.6 Å². The van der Waals surface area contributed by atoms with Gasteiger partial charge in [0.2, 0.25) is 0 Å². The molecule has 0 aliphatic carbocycles. The summed E-state index contributed by atoms with van der Waals surface area (Å²) in [6.45, 7) is 5.80. The van der Waals surface area contributed by atoms with Gasteiger partial charge in [-0.15, -0.1) is 0 Å². The van der Waals surface area contributed by atoms with E-state index >= 15 is 0 Å². The van der Waals surface area contributed by atoms with Crippen molar-refractivity contribution in [3.05, 3.63) is 0 Å². The second-order valence-corrected chi connectivity index (χ2v) is 3.23. The highest BCUT2D eigenvalue weighted by molar-refractivity contribution is 6.19. The van der Waals surface area contributed by atoms with E-state index in [0.717, 1.165) is 0 Å². The molecule has 0 aromatic heterocycles. The van der Waals surface area contributed by atoms with Crippen molar-refractivity contribution in [2.45, 2.75) is 26.3 Å². The Labute approximate surface area is 71.6 Å². The quantitative estimate of drug-likeness (QED) is 0.494. The van der Waals surface area contributed by atoms with Crippen LogP contribution in [-0.4, -0.2) is 18.3 Å². The molecule has 1 unspecified atom stereocenters. The molecule has 0 saturated heterocycles. The zero-order valence-corrected chi connectivity index (χ0v) is 7.72. The van der Waals surface area contributed by atoms with E-state index < -0.39 is 11.7 Å². The van der Waals surface area contributed by atoms with Crippen molar-refractivity contribution in [2.24, 2.45) is 5.92 Å². The van der Waals surface area contributed by atoms with Crippen LogP contribution in [0.5, 0.6) is 0 Å². The molecule has 0 aromatic rings. The zero-order valence-electron chi connectivity index (χ0n) is 6.96. The van der Waals surface area contributed by atoms with Crippen LogP contribution >= 0.6 is 11.6 Å². The van der Waals surface area contributed by atoms with E-state index in [1.54, 1.807) is 6.92 Å². The summed E-state index contributed by atoms with van der Waals surface area (Å²) < 4.78 is 9.17. The summed E-state index contributed by atoms with van der Waals surface area (Å²) in [7, 11) is 0. The fraction of sp³-hybridized carbons (Fsp3) is 0.857. The van der Waals surface area contributed by atoms with E-state index in [-0.39, 0.29) is 0 Å². The number of hydrogen-bond donors (Lipinski definition) is 0. The normalized spacial score (nSPS) is 12.8. The Morgan fingerprint density at radius 3 is 2.36 bits per heavy atom. The highest BCUT2D eigenvalue weighted by Gasteiger charge is 2.07. The van der Waals surface area contributed by atoms with E-state index in [1.807, 2.05) is 13.8 Å². The van der Waals surface area contributed by atoms with Crippen LogP contribution in [0.2, 0.25) is 0 Å². The van der Waals surface area contributed by atoms with Gasteiger partial charge in [0.05, 0.1) is 6.61 Å². The molecule has 4 heteroatoms. The molecule has 0 heterocycles. The molecular formula is C7H13ClO3. The first-order valence-corrected chi connectivity index (χ1v) is 3.93. The topological polar surface area (TPSA) is 35.5 Å². The Hall–Kier alpha value is -0.440. The molecule has 3 nitrogen and oxygen atoms in total. The lowest BCUT2D eigenvalue weighted by molar-refractivity contribution is 0.0423. The standard InChI is InChI=1S/C7H13ClO3/c1-5(2)4-10-7(9)11-6(3)8/h5-6H,4H2,1-3H3. The third kappa shape index (κ3) is 7.46. The number of rotatable bonds is 3. The van der Waals surface area contributed by atoms with Crippen LogP contribution in [0.1, 0.15) is 20.8 Å². The fourth-order valence-electron chi connectivity index (χ4n) is 0.401. The van der Waals surface area contributed by atoms with Crippen molar-refractivity contribution in [1.82, 2.24) is 0 Å². The summed E-state index contributed by atoms with van der Waals surface area (Å²) in [5, 5.41) is 0. The van der Waals surface area contributed by atoms with Crippen LogP contribution in [0, 0.1) is 5.92 Å². The van der Waals surface area contributed by atoms with Crippen LogP contribution < -0.4 is 0 Å². The monoisotopic (exact) mass is 180 g/mol. The lowest BCUT2D eigenvalue weighted by atomic mass is 10.2. The van der Waals surface area contributed by atoms with Crippen LogP contribution in [0.3, 0.4) is 0 Å². The minimum atomic E-state index is -0.707. The molecule has 0 fully saturated rings. The molecule has 66 valence electrons. The van der Waals surface area contributed by atoms with Gasteiger partial charge in [0.1, 0.15) is 0 Å². The van der Waals surface area contributed by atoms with E-state index in [9.17, 15) is 4.79 Å². The Kier molecular flexibility index (Phi) is 5.03. The lowest BCUT2D eigenvalue weighted by Crippen LogP contribution is -2.14. The summed E-state index contributed by atoms with van der Waals surface area (Å²) >= 11 is 5.36. The van der Waals surface area contributed by atoms with E-state index in [2.05, 4.69) is 9.47 Å². The maximum absolute atomic E-state index is 10.6. The summed E-state index contributed by atoms with van der Waals surface area (Å²) in [6.07, 6.45) is -0.707. The maximum Gasteiger partial charge on any atom is 0.509 e. The predicted octanol–water partition coefficient (Wildman–Crippen LogP) is 2.38. The molecule has 1 atom stereocenters. The lowest BCUT2D eigenvalue weighted by Gasteiger charge is -2.08. The van der Waals surface area contributed by atoms with Gasteiger partial charge in [0.25, 0.3) is 0 Å². The van der Waals surface area contributed by atoms with Crippen LogP contribution in [0.15, 0.2) is 0 Å². The molecule has 0 aromatic carbocycles. The van der Waals surface area contributed by atoms with Crippen molar-refractivity contribution in [2.75, 3.05) is 6.61 Å². The number of halogens is 1. The number of hydrogen-bond acceptors (Lipinski definition) is 3. The average Bonchev–Trinajstić information content (AvgIpc) is 1.82. The largest absolute Gasteiger partial charge is 0.509 e. The Morgan fingerprint density at radius 2 is 2.00 bits per heavy atom. The second-order valence-electron chi connectivity index (χ2n) is 2.62. The molecular weight excluding hydrogens is 168 g/mol. The minimum Gasteiger partial charge on any atom is -0.434 e. The van der Waals surface area contributed by atoms with Gasteiger partial charge in [-0.25, -0.2) is 4.79 Å². The van der Waals surface area contributed by atoms with Gasteiger partial charge in [0, 0.05) is 0 Å². The highest BCUT2D eigenvalue weighted by Crippen LogP contribution is 2.00. The van der Waals surface area contributed by atoms with Gasteiger partial charge in [0.15, 0.2) is 5.56 Å². The number of ether oxygens (including phenoxy) is 2. The van der Waals surface area contributed by atoms with Gasteiger partial charge in [-0.2, -0.15) is 0 Å². The first kappa shape index (κ1) is 10.6. The number of carbonyl (C=O) groups excluding carboxylic acids is 1. The highest BCUT2D eigenvalue weighted by atomic mass is 35.5. The van der Waals surface area contributed by atoms with Crippen LogP contribution in [0.25, 0.3) is 0 Å². The Morgan fingerprint density at radius 1 is 1.45 bits per heavy atom. The first-order chi connectivity index (χ1) is 5.02. The van der Waals surface area contributed by atoms with Crippen molar-refractivity contribution in [3.63, 3.8) is 0 Å². The molecule has 0 amide bonds. The Bertz CT molecular complexity index is 123. The molecule has 0 radical (unpaired) electrons. The summed E-state index contributed by atoms with van der Waals surface area (Å²) in [6, 6.07) is 0. The van der Waals surface area contributed by atoms with E-state index in [1.165, 1.54) is 0 Å².